The summed E-state index contributed by atoms with van der Waals surface area (Å²) in [6.45, 7) is 2.69. The van der Waals surface area contributed by atoms with Crippen molar-refractivity contribution < 1.29 is 19.4 Å². The lowest BCUT2D eigenvalue weighted by atomic mass is 10.2. The van der Waals surface area contributed by atoms with Crippen LogP contribution in [0.25, 0.3) is 0 Å². The van der Waals surface area contributed by atoms with Crippen LogP contribution in [0.5, 0.6) is 17.4 Å². The molecule has 21 heavy (non-hydrogen) atoms. The fraction of sp³-hybridized carbons (Fsp3) is 0.200. The Morgan fingerprint density at radius 1 is 1.29 bits per heavy atom. The van der Waals surface area contributed by atoms with Crippen LogP contribution < -0.4 is 9.47 Å². The van der Waals surface area contributed by atoms with E-state index in [1.807, 2.05) is 6.92 Å². The molecule has 1 heterocycles. The average molecular weight is 308 g/mol. The van der Waals surface area contributed by atoms with E-state index in [2.05, 4.69) is 4.98 Å². The molecule has 0 fully saturated rings. The molecule has 0 unspecified atom stereocenters. The van der Waals surface area contributed by atoms with Crippen molar-refractivity contribution >= 4 is 17.6 Å². The molecule has 0 bridgehead atoms. The van der Waals surface area contributed by atoms with Crippen LogP contribution in [-0.4, -0.2) is 22.7 Å². The second kappa shape index (κ2) is 6.95. The van der Waals surface area contributed by atoms with E-state index < -0.39 is 5.97 Å². The van der Waals surface area contributed by atoms with E-state index in [1.54, 1.807) is 24.3 Å². The summed E-state index contributed by atoms with van der Waals surface area (Å²) < 4.78 is 11.0. The topological polar surface area (TPSA) is 68.7 Å². The Labute approximate surface area is 127 Å². The first-order chi connectivity index (χ1) is 10.1. The van der Waals surface area contributed by atoms with Gasteiger partial charge in [0.2, 0.25) is 5.88 Å². The Morgan fingerprint density at radius 2 is 1.95 bits per heavy atom. The normalized spacial score (nSPS) is 10.2. The second-order valence-corrected chi connectivity index (χ2v) is 4.64. The molecule has 0 amide bonds. The Balaban J connectivity index is 2.11. The van der Waals surface area contributed by atoms with E-state index in [-0.39, 0.29) is 16.5 Å². The minimum atomic E-state index is -1.13. The number of pyridine rings is 1. The van der Waals surface area contributed by atoms with E-state index in [0.29, 0.717) is 12.4 Å². The molecule has 0 saturated heterocycles. The van der Waals surface area contributed by atoms with Gasteiger partial charge in [-0.05, 0) is 30.7 Å². The van der Waals surface area contributed by atoms with Crippen molar-refractivity contribution in [2.24, 2.45) is 0 Å². The molecule has 0 aliphatic heterocycles. The van der Waals surface area contributed by atoms with Crippen molar-refractivity contribution in [1.82, 2.24) is 4.98 Å². The van der Waals surface area contributed by atoms with Crippen molar-refractivity contribution in [3.63, 3.8) is 0 Å². The van der Waals surface area contributed by atoms with Gasteiger partial charge in [0.05, 0.1) is 23.4 Å². The number of rotatable bonds is 6. The lowest BCUT2D eigenvalue weighted by molar-refractivity contribution is 0.0696. The Hall–Kier alpha value is -2.27. The first-order valence-electron chi connectivity index (χ1n) is 6.39. The third kappa shape index (κ3) is 4.10. The van der Waals surface area contributed by atoms with Crippen LogP contribution in [0.2, 0.25) is 5.02 Å². The van der Waals surface area contributed by atoms with Gasteiger partial charge in [0.1, 0.15) is 11.5 Å². The summed E-state index contributed by atoms with van der Waals surface area (Å²) in [5.41, 5.74) is -0.0513. The lowest BCUT2D eigenvalue weighted by Gasteiger charge is -2.08. The minimum absolute atomic E-state index is 0.0513. The highest BCUT2D eigenvalue weighted by Gasteiger charge is 2.11. The molecule has 0 atom stereocenters. The molecular formula is C15H14ClNO4. The SMILES string of the molecule is CCCOc1ccc(Oc2cc(C(=O)O)c(Cl)cn2)cc1. The summed E-state index contributed by atoms with van der Waals surface area (Å²) >= 11 is 5.75. The summed E-state index contributed by atoms with van der Waals surface area (Å²) in [7, 11) is 0. The molecule has 0 spiro atoms. The maximum atomic E-state index is 11.0. The summed E-state index contributed by atoms with van der Waals surface area (Å²) in [6, 6.07) is 8.29. The fourth-order valence-electron chi connectivity index (χ4n) is 1.58. The summed E-state index contributed by atoms with van der Waals surface area (Å²) in [6.07, 6.45) is 2.18. The van der Waals surface area contributed by atoms with E-state index in [1.165, 1.54) is 12.3 Å². The van der Waals surface area contributed by atoms with Crippen molar-refractivity contribution in [2.75, 3.05) is 6.61 Å². The number of aromatic nitrogens is 1. The third-order valence-electron chi connectivity index (χ3n) is 2.58. The van der Waals surface area contributed by atoms with Gasteiger partial charge in [-0.1, -0.05) is 18.5 Å². The largest absolute Gasteiger partial charge is 0.494 e. The lowest BCUT2D eigenvalue weighted by Crippen LogP contribution is -1.99. The predicted molar refractivity (Wildman–Crippen MR) is 78.5 cm³/mol. The summed E-state index contributed by atoms with van der Waals surface area (Å²) in [5.74, 6) is 0.319. The van der Waals surface area contributed by atoms with Crippen molar-refractivity contribution in [2.45, 2.75) is 13.3 Å². The highest BCUT2D eigenvalue weighted by atomic mass is 35.5. The zero-order chi connectivity index (χ0) is 15.2. The van der Waals surface area contributed by atoms with Gasteiger partial charge in [-0.2, -0.15) is 0 Å². The third-order valence-corrected chi connectivity index (χ3v) is 2.88. The number of carbonyl (C=O) groups is 1. The highest BCUT2D eigenvalue weighted by Crippen LogP contribution is 2.25. The summed E-state index contributed by atoms with van der Waals surface area (Å²) in [4.78, 5) is 14.9. The average Bonchev–Trinajstić information content (AvgIpc) is 2.48. The van der Waals surface area contributed by atoms with Gasteiger partial charge in [0.15, 0.2) is 0 Å². The highest BCUT2D eigenvalue weighted by molar-refractivity contribution is 6.33. The molecule has 5 nitrogen and oxygen atoms in total. The van der Waals surface area contributed by atoms with Crippen molar-refractivity contribution in [3.8, 4) is 17.4 Å². The van der Waals surface area contributed by atoms with Gasteiger partial charge in [0, 0.05) is 6.07 Å². The number of carboxylic acids is 1. The standard InChI is InChI=1S/C15H14ClNO4/c1-2-7-20-10-3-5-11(6-4-10)21-14-8-12(15(18)19)13(16)9-17-14/h3-6,8-9H,2,7H2,1H3,(H,18,19). The zero-order valence-electron chi connectivity index (χ0n) is 11.4. The molecule has 1 aromatic carbocycles. The zero-order valence-corrected chi connectivity index (χ0v) is 12.1. The van der Waals surface area contributed by atoms with Crippen LogP contribution in [-0.2, 0) is 0 Å². The minimum Gasteiger partial charge on any atom is -0.494 e. The molecule has 0 aliphatic rings. The first kappa shape index (κ1) is 15.1. The van der Waals surface area contributed by atoms with E-state index in [9.17, 15) is 4.79 Å². The van der Waals surface area contributed by atoms with Gasteiger partial charge < -0.3 is 14.6 Å². The van der Waals surface area contributed by atoms with Gasteiger partial charge in [-0.3, -0.25) is 0 Å². The summed E-state index contributed by atoms with van der Waals surface area (Å²) in [5, 5.41) is 9.06. The number of ether oxygens (including phenoxy) is 2. The Morgan fingerprint density at radius 3 is 2.57 bits per heavy atom. The fourth-order valence-corrected chi connectivity index (χ4v) is 1.77. The molecule has 0 aliphatic carbocycles. The second-order valence-electron chi connectivity index (χ2n) is 4.23. The maximum absolute atomic E-state index is 11.0. The Kier molecular flexibility index (Phi) is 5.00. The van der Waals surface area contributed by atoms with E-state index >= 15 is 0 Å². The molecular weight excluding hydrogens is 294 g/mol. The van der Waals surface area contributed by atoms with Crippen LogP contribution in [0, 0.1) is 0 Å². The number of aromatic carboxylic acids is 1. The van der Waals surface area contributed by atoms with Gasteiger partial charge >= 0.3 is 5.97 Å². The number of nitrogens with zero attached hydrogens (tertiary/aromatic N) is 1. The number of benzene rings is 1. The molecule has 1 aromatic heterocycles. The van der Waals surface area contributed by atoms with Crippen LogP contribution in [0.15, 0.2) is 36.5 Å². The predicted octanol–water partition coefficient (Wildman–Crippen LogP) is 4.01. The molecule has 1 N–H and O–H groups in total. The van der Waals surface area contributed by atoms with E-state index in [0.717, 1.165) is 12.2 Å². The van der Waals surface area contributed by atoms with Crippen LogP contribution in [0.4, 0.5) is 0 Å². The molecule has 110 valence electrons. The number of hydrogen-bond donors (Lipinski definition) is 1. The monoisotopic (exact) mass is 307 g/mol. The Bertz CT molecular complexity index is 628. The van der Waals surface area contributed by atoms with Crippen molar-refractivity contribution in [3.05, 3.63) is 47.1 Å². The number of hydrogen-bond acceptors (Lipinski definition) is 4. The van der Waals surface area contributed by atoms with Crippen LogP contribution in [0.1, 0.15) is 23.7 Å². The van der Waals surface area contributed by atoms with Crippen LogP contribution in [0.3, 0.4) is 0 Å². The molecule has 2 rings (SSSR count). The first-order valence-corrected chi connectivity index (χ1v) is 6.77. The van der Waals surface area contributed by atoms with E-state index in [4.69, 9.17) is 26.2 Å². The molecule has 2 aromatic rings. The quantitative estimate of drug-likeness (QED) is 0.873. The molecule has 0 radical (unpaired) electrons. The maximum Gasteiger partial charge on any atom is 0.337 e. The molecule has 6 heteroatoms. The van der Waals surface area contributed by atoms with Gasteiger partial charge in [-0.15, -0.1) is 0 Å². The number of halogens is 1. The van der Waals surface area contributed by atoms with Gasteiger partial charge in [-0.25, -0.2) is 9.78 Å². The molecule has 0 saturated carbocycles. The van der Waals surface area contributed by atoms with Crippen molar-refractivity contribution in [1.29, 1.82) is 0 Å². The van der Waals surface area contributed by atoms with Gasteiger partial charge in [0.25, 0.3) is 0 Å². The number of carboxylic acid groups (broad SMARTS) is 1. The smallest absolute Gasteiger partial charge is 0.337 e. The van der Waals surface area contributed by atoms with Crippen LogP contribution >= 0.6 is 11.6 Å².